The largest absolute Gasteiger partial charge is 0.392 e. The molecule has 4 saturated carbocycles. The second-order valence-corrected chi connectivity index (χ2v) is 4.04. The van der Waals surface area contributed by atoms with Crippen LogP contribution in [0.3, 0.4) is 0 Å². The summed E-state index contributed by atoms with van der Waals surface area (Å²) >= 11 is 0. The molecule has 0 heterocycles. The van der Waals surface area contributed by atoms with Gasteiger partial charge in [-0.25, -0.2) is 0 Å². The molecule has 0 aromatic carbocycles. The zero-order chi connectivity index (χ0) is 6.88. The molecule has 0 spiro atoms. The van der Waals surface area contributed by atoms with E-state index in [1.165, 1.54) is 6.42 Å². The van der Waals surface area contributed by atoms with Crippen molar-refractivity contribution in [3.05, 3.63) is 0 Å². The van der Waals surface area contributed by atoms with E-state index in [0.717, 1.165) is 6.42 Å². The van der Waals surface area contributed by atoms with E-state index >= 15 is 0 Å². The molecule has 10 heavy (non-hydrogen) atoms. The Kier molecular flexibility index (Phi) is 0.783. The molecule has 56 valence electrons. The predicted molar refractivity (Wildman–Crippen MR) is 35.2 cm³/mol. The van der Waals surface area contributed by atoms with Crippen molar-refractivity contribution < 1.29 is 10.2 Å². The van der Waals surface area contributed by atoms with Gasteiger partial charge in [0, 0.05) is 5.92 Å². The Morgan fingerprint density at radius 2 is 1.30 bits per heavy atom. The standard InChI is InChI=1S/C8H12O2/c9-7-4-2-1-3-5(7)6(3)8(4)10/h3-10H,1-2H2. The van der Waals surface area contributed by atoms with Gasteiger partial charge in [0.1, 0.15) is 0 Å². The fraction of sp³-hybridized carbons (Fsp3) is 1.00. The van der Waals surface area contributed by atoms with E-state index in [1.807, 2.05) is 0 Å². The predicted octanol–water partition coefficient (Wildman–Crippen LogP) is -0.00600. The Hall–Kier alpha value is -0.0800. The minimum Gasteiger partial charge on any atom is -0.392 e. The molecule has 2 nitrogen and oxygen atoms in total. The highest BCUT2D eigenvalue weighted by molar-refractivity contribution is 5.17. The van der Waals surface area contributed by atoms with Crippen LogP contribution in [0.15, 0.2) is 0 Å². The number of fused-ring (bicyclic) bond motifs is 1. The molecule has 4 rings (SSSR count). The molecule has 0 aromatic rings. The molecule has 0 aromatic heterocycles. The van der Waals surface area contributed by atoms with Crippen molar-refractivity contribution >= 4 is 0 Å². The van der Waals surface area contributed by atoms with Crippen LogP contribution in [0.4, 0.5) is 0 Å². The highest BCUT2D eigenvalue weighted by Gasteiger charge is 2.68. The lowest BCUT2D eigenvalue weighted by Crippen LogP contribution is -2.34. The molecular weight excluding hydrogens is 128 g/mol. The summed E-state index contributed by atoms with van der Waals surface area (Å²) in [4.78, 5) is 0. The molecule has 4 bridgehead atoms. The minimum absolute atomic E-state index is 0.154. The van der Waals surface area contributed by atoms with Gasteiger partial charge < -0.3 is 10.2 Å². The molecule has 4 aliphatic rings. The minimum atomic E-state index is -0.154. The van der Waals surface area contributed by atoms with E-state index in [0.29, 0.717) is 17.8 Å². The molecule has 2 heteroatoms. The van der Waals surface area contributed by atoms with E-state index in [-0.39, 0.29) is 18.1 Å². The molecule has 0 saturated heterocycles. The number of aliphatic hydroxyl groups is 2. The van der Waals surface area contributed by atoms with Gasteiger partial charge in [-0.2, -0.15) is 0 Å². The highest BCUT2D eigenvalue weighted by atomic mass is 16.3. The number of hydrogen-bond acceptors (Lipinski definition) is 2. The topological polar surface area (TPSA) is 40.5 Å². The summed E-state index contributed by atoms with van der Waals surface area (Å²) in [6, 6.07) is 0. The van der Waals surface area contributed by atoms with E-state index in [2.05, 4.69) is 0 Å². The summed E-state index contributed by atoms with van der Waals surface area (Å²) in [5, 5.41) is 19.1. The quantitative estimate of drug-likeness (QED) is 0.497. The summed E-state index contributed by atoms with van der Waals surface area (Å²) in [6.07, 6.45) is 2.01. The first-order valence-corrected chi connectivity index (χ1v) is 4.17. The molecule has 0 radical (unpaired) electrons. The van der Waals surface area contributed by atoms with Gasteiger partial charge in [-0.1, -0.05) is 0 Å². The van der Waals surface area contributed by atoms with Crippen molar-refractivity contribution in [2.75, 3.05) is 0 Å². The molecule has 4 unspecified atom stereocenters. The third kappa shape index (κ3) is 0.397. The maximum absolute atomic E-state index is 9.54. The Bertz CT molecular complexity index is 160. The average Bonchev–Trinajstić information content (AvgIpc) is 2.58. The zero-order valence-corrected chi connectivity index (χ0v) is 5.77. The van der Waals surface area contributed by atoms with Crippen LogP contribution < -0.4 is 0 Å². The number of rotatable bonds is 0. The maximum Gasteiger partial charge on any atom is 0.0627 e. The fourth-order valence-electron chi connectivity index (χ4n) is 3.27. The van der Waals surface area contributed by atoms with Crippen LogP contribution in [0.2, 0.25) is 0 Å². The van der Waals surface area contributed by atoms with Crippen LogP contribution in [0, 0.1) is 23.7 Å². The Morgan fingerprint density at radius 1 is 0.800 bits per heavy atom. The normalized spacial score (nSPS) is 70.2. The lowest BCUT2D eigenvalue weighted by atomic mass is 9.82. The summed E-state index contributed by atoms with van der Waals surface area (Å²) in [5.74, 6) is 1.91. The zero-order valence-electron chi connectivity index (χ0n) is 5.77. The van der Waals surface area contributed by atoms with Crippen molar-refractivity contribution in [3.63, 3.8) is 0 Å². The lowest BCUT2D eigenvalue weighted by Gasteiger charge is -2.29. The van der Waals surface area contributed by atoms with Gasteiger partial charge in [-0.05, 0) is 30.6 Å². The van der Waals surface area contributed by atoms with Gasteiger partial charge in [-0.15, -0.1) is 0 Å². The van der Waals surface area contributed by atoms with Crippen molar-refractivity contribution in [2.45, 2.75) is 25.0 Å². The summed E-state index contributed by atoms with van der Waals surface area (Å²) in [5.41, 5.74) is 0. The van der Waals surface area contributed by atoms with Crippen molar-refractivity contribution in [2.24, 2.45) is 23.7 Å². The summed E-state index contributed by atoms with van der Waals surface area (Å²) < 4.78 is 0. The Labute approximate surface area is 59.9 Å². The van der Waals surface area contributed by atoms with Crippen molar-refractivity contribution in [3.8, 4) is 0 Å². The third-order valence-electron chi connectivity index (χ3n) is 3.79. The van der Waals surface area contributed by atoms with Gasteiger partial charge in [-0.3, -0.25) is 0 Å². The first-order valence-electron chi connectivity index (χ1n) is 4.17. The van der Waals surface area contributed by atoms with Crippen LogP contribution in [-0.4, -0.2) is 22.4 Å². The van der Waals surface area contributed by atoms with Crippen LogP contribution in [0.5, 0.6) is 0 Å². The average molecular weight is 140 g/mol. The highest BCUT2D eigenvalue weighted by Crippen LogP contribution is 2.66. The third-order valence-corrected chi connectivity index (χ3v) is 3.79. The van der Waals surface area contributed by atoms with Gasteiger partial charge in [0.2, 0.25) is 0 Å². The molecule has 0 aliphatic heterocycles. The molecule has 4 aliphatic carbocycles. The fourth-order valence-corrected chi connectivity index (χ4v) is 3.27. The molecule has 0 amide bonds. The second-order valence-electron chi connectivity index (χ2n) is 4.04. The summed E-state index contributed by atoms with van der Waals surface area (Å²) in [7, 11) is 0. The SMILES string of the molecule is OC1C2CCC3C1C3C2O. The Morgan fingerprint density at radius 3 is 1.60 bits per heavy atom. The molecule has 4 atom stereocenters. The first kappa shape index (κ1) is 5.56. The first-order chi connectivity index (χ1) is 4.80. The van der Waals surface area contributed by atoms with Gasteiger partial charge in [0.05, 0.1) is 12.2 Å². The lowest BCUT2D eigenvalue weighted by molar-refractivity contribution is -0.00360. The number of aliphatic hydroxyl groups excluding tert-OH is 2. The van der Waals surface area contributed by atoms with E-state index in [4.69, 9.17) is 0 Å². The van der Waals surface area contributed by atoms with Crippen molar-refractivity contribution in [1.82, 2.24) is 0 Å². The van der Waals surface area contributed by atoms with Crippen LogP contribution in [0.25, 0.3) is 0 Å². The monoisotopic (exact) mass is 140 g/mol. The van der Waals surface area contributed by atoms with E-state index in [1.54, 1.807) is 0 Å². The maximum atomic E-state index is 9.54. The van der Waals surface area contributed by atoms with Crippen LogP contribution >= 0.6 is 0 Å². The van der Waals surface area contributed by atoms with E-state index < -0.39 is 0 Å². The summed E-state index contributed by atoms with van der Waals surface area (Å²) in [6.45, 7) is 0. The Balaban J connectivity index is 1.99. The van der Waals surface area contributed by atoms with Gasteiger partial charge in [0.15, 0.2) is 0 Å². The molecule has 2 N–H and O–H groups in total. The van der Waals surface area contributed by atoms with E-state index in [9.17, 15) is 10.2 Å². The smallest absolute Gasteiger partial charge is 0.0627 e. The van der Waals surface area contributed by atoms with Gasteiger partial charge in [0.25, 0.3) is 0 Å². The van der Waals surface area contributed by atoms with Crippen molar-refractivity contribution in [1.29, 1.82) is 0 Å². The van der Waals surface area contributed by atoms with Crippen LogP contribution in [-0.2, 0) is 0 Å². The molecule has 4 fully saturated rings. The second kappa shape index (κ2) is 1.41. The number of hydrogen-bond donors (Lipinski definition) is 2. The van der Waals surface area contributed by atoms with Gasteiger partial charge >= 0.3 is 0 Å². The van der Waals surface area contributed by atoms with Crippen LogP contribution in [0.1, 0.15) is 12.8 Å². The molecular formula is C8H12O2.